The normalized spacial score (nSPS) is 11.5. The standard InChI is InChI=1S/C8H13ClN2O4/c1-5(9)7(13)10-8(14)11(2)4-6(12)15-3/h5H,4H2,1-3H3,(H,10,13,14). The number of carbonyl (C=O) groups excluding carboxylic acids is 3. The highest BCUT2D eigenvalue weighted by Gasteiger charge is 2.17. The van der Waals surface area contributed by atoms with Crippen LogP contribution in [0.2, 0.25) is 0 Å². The minimum Gasteiger partial charge on any atom is -0.468 e. The zero-order valence-electron chi connectivity index (χ0n) is 8.74. The van der Waals surface area contributed by atoms with Gasteiger partial charge in [-0.1, -0.05) is 0 Å². The summed E-state index contributed by atoms with van der Waals surface area (Å²) in [5.74, 6) is -1.18. The van der Waals surface area contributed by atoms with Crippen LogP contribution in [-0.4, -0.2) is 48.9 Å². The number of halogens is 1. The van der Waals surface area contributed by atoms with E-state index in [0.29, 0.717) is 0 Å². The number of imide groups is 1. The molecule has 0 fully saturated rings. The molecular weight excluding hydrogens is 224 g/mol. The largest absolute Gasteiger partial charge is 0.468 e. The first-order valence-corrected chi connectivity index (χ1v) is 4.59. The Morgan fingerprint density at radius 1 is 1.47 bits per heavy atom. The Balaban J connectivity index is 4.10. The third kappa shape index (κ3) is 5.21. The fourth-order valence-electron chi connectivity index (χ4n) is 0.630. The van der Waals surface area contributed by atoms with Crippen molar-refractivity contribution in [2.45, 2.75) is 12.3 Å². The molecule has 7 heteroatoms. The monoisotopic (exact) mass is 236 g/mol. The minimum absolute atomic E-state index is 0.230. The van der Waals surface area contributed by atoms with Crippen molar-refractivity contribution >= 4 is 29.5 Å². The smallest absolute Gasteiger partial charge is 0.325 e. The van der Waals surface area contributed by atoms with Crippen molar-refractivity contribution in [2.75, 3.05) is 20.7 Å². The number of amides is 3. The molecule has 1 N–H and O–H groups in total. The van der Waals surface area contributed by atoms with Gasteiger partial charge in [0.25, 0.3) is 0 Å². The van der Waals surface area contributed by atoms with Gasteiger partial charge in [-0.2, -0.15) is 0 Å². The molecule has 86 valence electrons. The van der Waals surface area contributed by atoms with Crippen LogP contribution < -0.4 is 5.32 Å². The first kappa shape index (κ1) is 13.7. The van der Waals surface area contributed by atoms with E-state index in [0.717, 1.165) is 4.90 Å². The van der Waals surface area contributed by atoms with Gasteiger partial charge in [0.15, 0.2) is 0 Å². The lowest BCUT2D eigenvalue weighted by molar-refractivity contribution is -0.141. The van der Waals surface area contributed by atoms with Gasteiger partial charge in [-0.3, -0.25) is 14.9 Å². The number of hydrogen-bond donors (Lipinski definition) is 1. The lowest BCUT2D eigenvalue weighted by atomic mass is 10.4. The van der Waals surface area contributed by atoms with Crippen molar-refractivity contribution in [1.82, 2.24) is 10.2 Å². The molecule has 0 aromatic rings. The van der Waals surface area contributed by atoms with Crippen LogP contribution >= 0.6 is 11.6 Å². The van der Waals surface area contributed by atoms with Crippen LogP contribution in [0.5, 0.6) is 0 Å². The Kier molecular flexibility index (Phi) is 5.69. The Labute approximate surface area is 92.5 Å². The molecule has 15 heavy (non-hydrogen) atoms. The summed E-state index contributed by atoms with van der Waals surface area (Å²) >= 11 is 5.44. The molecule has 0 saturated heterocycles. The number of nitrogens with zero attached hydrogens (tertiary/aromatic N) is 1. The molecule has 0 rings (SSSR count). The van der Waals surface area contributed by atoms with Crippen LogP contribution in [0, 0.1) is 0 Å². The topological polar surface area (TPSA) is 75.7 Å². The van der Waals surface area contributed by atoms with E-state index in [-0.39, 0.29) is 6.54 Å². The van der Waals surface area contributed by atoms with Crippen LogP contribution in [0.25, 0.3) is 0 Å². The van der Waals surface area contributed by atoms with Gasteiger partial charge in [0.1, 0.15) is 11.9 Å². The van der Waals surface area contributed by atoms with Gasteiger partial charge >= 0.3 is 12.0 Å². The lowest BCUT2D eigenvalue weighted by Crippen LogP contribution is -2.45. The maximum absolute atomic E-state index is 11.2. The van der Waals surface area contributed by atoms with Gasteiger partial charge in [-0.25, -0.2) is 4.79 Å². The second-order valence-corrected chi connectivity index (χ2v) is 3.50. The van der Waals surface area contributed by atoms with Crippen molar-refractivity contribution in [3.8, 4) is 0 Å². The van der Waals surface area contributed by atoms with Crippen LogP contribution in [0.15, 0.2) is 0 Å². The zero-order valence-corrected chi connectivity index (χ0v) is 9.50. The van der Waals surface area contributed by atoms with Crippen molar-refractivity contribution in [2.24, 2.45) is 0 Å². The van der Waals surface area contributed by atoms with E-state index >= 15 is 0 Å². The number of ether oxygens (including phenoxy) is 1. The van der Waals surface area contributed by atoms with Gasteiger partial charge in [0.2, 0.25) is 5.91 Å². The number of carbonyl (C=O) groups is 3. The first-order chi connectivity index (χ1) is 6.88. The molecular formula is C8H13ClN2O4. The maximum atomic E-state index is 11.2. The number of urea groups is 1. The summed E-state index contributed by atoms with van der Waals surface area (Å²) in [6.45, 7) is 1.21. The third-order valence-corrected chi connectivity index (χ3v) is 1.73. The summed E-state index contributed by atoms with van der Waals surface area (Å²) < 4.78 is 4.35. The summed E-state index contributed by atoms with van der Waals surface area (Å²) in [5, 5.41) is 1.21. The quantitative estimate of drug-likeness (QED) is 0.551. The van der Waals surface area contributed by atoms with Crippen molar-refractivity contribution in [3.05, 3.63) is 0 Å². The molecule has 0 heterocycles. The molecule has 6 nitrogen and oxygen atoms in total. The highest BCUT2D eigenvalue weighted by molar-refractivity contribution is 6.31. The molecule has 0 aliphatic rings. The molecule has 0 aliphatic heterocycles. The molecule has 3 amide bonds. The summed E-state index contributed by atoms with van der Waals surface area (Å²) in [6, 6.07) is -0.696. The average molecular weight is 237 g/mol. The lowest BCUT2D eigenvalue weighted by Gasteiger charge is -2.16. The molecule has 0 aromatic carbocycles. The average Bonchev–Trinajstić information content (AvgIpc) is 2.16. The molecule has 0 radical (unpaired) electrons. The maximum Gasteiger partial charge on any atom is 0.325 e. The van der Waals surface area contributed by atoms with Gasteiger partial charge in [0, 0.05) is 7.05 Å². The summed E-state index contributed by atoms with van der Waals surface area (Å²) in [4.78, 5) is 34.1. The van der Waals surface area contributed by atoms with E-state index in [9.17, 15) is 14.4 Å². The summed E-state index contributed by atoms with van der Waals surface area (Å²) in [6.07, 6.45) is 0. The van der Waals surface area contributed by atoms with E-state index in [4.69, 9.17) is 11.6 Å². The Morgan fingerprint density at radius 2 is 2.00 bits per heavy atom. The van der Waals surface area contributed by atoms with Gasteiger partial charge in [-0.15, -0.1) is 11.6 Å². The van der Waals surface area contributed by atoms with Crippen LogP contribution in [0.4, 0.5) is 4.79 Å². The molecule has 1 atom stereocenters. The van der Waals surface area contributed by atoms with E-state index in [1.54, 1.807) is 0 Å². The molecule has 0 spiro atoms. The Hall–Kier alpha value is -1.30. The molecule has 1 unspecified atom stereocenters. The second kappa shape index (κ2) is 6.23. The molecule has 0 aliphatic carbocycles. The first-order valence-electron chi connectivity index (χ1n) is 4.15. The van der Waals surface area contributed by atoms with E-state index in [1.165, 1.54) is 21.1 Å². The highest BCUT2D eigenvalue weighted by atomic mass is 35.5. The van der Waals surface area contributed by atoms with Gasteiger partial charge in [-0.05, 0) is 6.92 Å². The van der Waals surface area contributed by atoms with Gasteiger partial charge in [0.05, 0.1) is 7.11 Å². The van der Waals surface area contributed by atoms with Gasteiger partial charge < -0.3 is 9.64 Å². The minimum atomic E-state index is -0.805. The SMILES string of the molecule is COC(=O)CN(C)C(=O)NC(=O)C(C)Cl. The fraction of sp³-hybridized carbons (Fsp3) is 0.625. The number of hydrogen-bond acceptors (Lipinski definition) is 4. The van der Waals surface area contributed by atoms with E-state index in [2.05, 4.69) is 4.74 Å². The number of likely N-dealkylation sites (N-methyl/N-ethyl adjacent to an activating group) is 1. The Morgan fingerprint density at radius 3 is 2.40 bits per heavy atom. The predicted octanol–water partition coefficient (Wildman–Crippen LogP) is -0.0453. The summed E-state index contributed by atoms with van der Waals surface area (Å²) in [5.41, 5.74) is 0. The number of rotatable bonds is 3. The van der Waals surface area contributed by atoms with Crippen molar-refractivity contribution in [1.29, 1.82) is 0 Å². The summed E-state index contributed by atoms with van der Waals surface area (Å²) in [7, 11) is 2.57. The number of nitrogens with one attached hydrogen (secondary N) is 1. The number of methoxy groups -OCH3 is 1. The van der Waals surface area contributed by atoms with E-state index < -0.39 is 23.3 Å². The third-order valence-electron chi connectivity index (χ3n) is 1.53. The van der Waals surface area contributed by atoms with Crippen LogP contribution in [0.1, 0.15) is 6.92 Å². The molecule has 0 aromatic heterocycles. The Bertz CT molecular complexity index is 267. The predicted molar refractivity (Wildman–Crippen MR) is 53.5 cm³/mol. The van der Waals surface area contributed by atoms with Crippen molar-refractivity contribution < 1.29 is 19.1 Å². The molecule has 0 saturated carbocycles. The fourth-order valence-corrected chi connectivity index (χ4v) is 0.685. The highest BCUT2D eigenvalue weighted by Crippen LogP contribution is 1.94. The van der Waals surface area contributed by atoms with Crippen molar-refractivity contribution in [3.63, 3.8) is 0 Å². The second-order valence-electron chi connectivity index (χ2n) is 2.84. The number of esters is 1. The van der Waals surface area contributed by atoms with Crippen LogP contribution in [-0.2, 0) is 14.3 Å². The van der Waals surface area contributed by atoms with Crippen LogP contribution in [0.3, 0.4) is 0 Å². The molecule has 0 bridgehead atoms. The zero-order chi connectivity index (χ0) is 12.0. The van der Waals surface area contributed by atoms with E-state index in [1.807, 2.05) is 5.32 Å². The number of alkyl halides is 1.